The van der Waals surface area contributed by atoms with Gasteiger partial charge in [-0.1, -0.05) is 40.5 Å². The van der Waals surface area contributed by atoms with Gasteiger partial charge in [0, 0.05) is 19.6 Å². The van der Waals surface area contributed by atoms with Crippen molar-refractivity contribution in [1.82, 2.24) is 5.32 Å². The molecule has 1 heterocycles. The Bertz CT molecular complexity index is 443. The van der Waals surface area contributed by atoms with Crippen LogP contribution in [0.2, 0.25) is 0 Å². The van der Waals surface area contributed by atoms with E-state index in [0.29, 0.717) is 24.0 Å². The van der Waals surface area contributed by atoms with Gasteiger partial charge in [-0.3, -0.25) is 4.79 Å². The second-order valence-corrected chi connectivity index (χ2v) is 8.59. The number of hydrogen-bond donors (Lipinski definition) is 1. The van der Waals surface area contributed by atoms with Gasteiger partial charge in [-0.2, -0.15) is 0 Å². The Hall–Kier alpha value is -0.570. The van der Waals surface area contributed by atoms with Crippen molar-refractivity contribution in [2.45, 2.75) is 78.9 Å². The summed E-state index contributed by atoms with van der Waals surface area (Å²) in [6.45, 7) is 11.9. The van der Waals surface area contributed by atoms with Gasteiger partial charge in [-0.05, 0) is 47.8 Å². The maximum absolute atomic E-state index is 11.8. The summed E-state index contributed by atoms with van der Waals surface area (Å²) in [6, 6.07) is 0.321. The van der Waals surface area contributed by atoms with E-state index in [1.807, 2.05) is 0 Å². The molecule has 1 saturated heterocycles. The minimum Gasteiger partial charge on any atom is -0.378 e. The van der Waals surface area contributed by atoms with Crippen LogP contribution < -0.4 is 5.32 Å². The van der Waals surface area contributed by atoms with E-state index in [-0.39, 0.29) is 16.7 Å². The zero-order valence-electron chi connectivity index (χ0n) is 14.9. The van der Waals surface area contributed by atoms with Crippen molar-refractivity contribution in [2.24, 2.45) is 28.6 Å². The van der Waals surface area contributed by atoms with Crippen LogP contribution in [-0.2, 0) is 9.53 Å². The predicted octanol–water partition coefficient (Wildman–Crippen LogP) is 3.77. The van der Waals surface area contributed by atoms with E-state index in [4.69, 9.17) is 4.74 Å². The predicted molar refractivity (Wildman–Crippen MR) is 88.5 cm³/mol. The molecule has 0 aromatic heterocycles. The standard InChI is InChI=1S/C19H33NO2/c1-6-13(7-2)16-15-10-14-11-19(15,8-9-22-16)17(18(14,4)5)20-12(3)21/h13-17H,6-11H2,1-5H3,(H,20,21)/t14-,15-,16-,17+,19-/m1/s1. The van der Waals surface area contributed by atoms with Crippen LogP contribution in [0.1, 0.15) is 66.7 Å². The fourth-order valence-corrected chi connectivity index (χ4v) is 6.26. The lowest BCUT2D eigenvalue weighted by molar-refractivity contribution is -0.147. The largest absolute Gasteiger partial charge is 0.378 e. The van der Waals surface area contributed by atoms with Crippen LogP contribution in [0.3, 0.4) is 0 Å². The van der Waals surface area contributed by atoms with Gasteiger partial charge in [0.1, 0.15) is 0 Å². The number of amides is 1. The van der Waals surface area contributed by atoms with Crippen LogP contribution in [0.15, 0.2) is 0 Å². The molecule has 1 amide bonds. The molecular formula is C19H33NO2. The third kappa shape index (κ3) is 2.15. The first-order valence-electron chi connectivity index (χ1n) is 9.25. The minimum absolute atomic E-state index is 0.129. The van der Waals surface area contributed by atoms with E-state index in [2.05, 4.69) is 33.0 Å². The molecule has 3 rings (SSSR count). The monoisotopic (exact) mass is 307 g/mol. The molecule has 0 unspecified atom stereocenters. The van der Waals surface area contributed by atoms with Crippen LogP contribution in [0.5, 0.6) is 0 Å². The summed E-state index contributed by atoms with van der Waals surface area (Å²) in [6.07, 6.45) is 6.51. The Morgan fingerprint density at radius 3 is 2.59 bits per heavy atom. The summed E-state index contributed by atoms with van der Waals surface area (Å²) in [4.78, 5) is 11.8. The average Bonchev–Trinajstić information content (AvgIpc) is 2.94. The number of ether oxygens (including phenoxy) is 1. The number of fused-ring (bicyclic) bond motifs is 1. The minimum atomic E-state index is 0.129. The average molecular weight is 307 g/mol. The molecule has 3 heteroatoms. The summed E-state index contributed by atoms with van der Waals surface area (Å²) >= 11 is 0. The van der Waals surface area contributed by atoms with Crippen LogP contribution in [0.4, 0.5) is 0 Å². The van der Waals surface area contributed by atoms with Gasteiger partial charge in [0.25, 0.3) is 0 Å². The Balaban J connectivity index is 1.93. The van der Waals surface area contributed by atoms with E-state index in [0.717, 1.165) is 18.9 Å². The summed E-state index contributed by atoms with van der Waals surface area (Å²) in [5, 5.41) is 3.35. The maximum Gasteiger partial charge on any atom is 0.217 e. The van der Waals surface area contributed by atoms with Crippen molar-refractivity contribution in [2.75, 3.05) is 6.61 Å². The third-order valence-electron chi connectivity index (χ3n) is 7.41. The smallest absolute Gasteiger partial charge is 0.217 e. The summed E-state index contributed by atoms with van der Waals surface area (Å²) in [5.41, 5.74) is 0.503. The molecular weight excluding hydrogens is 274 g/mol. The van der Waals surface area contributed by atoms with Gasteiger partial charge in [-0.25, -0.2) is 0 Å². The third-order valence-corrected chi connectivity index (χ3v) is 7.41. The maximum atomic E-state index is 11.8. The Morgan fingerprint density at radius 2 is 2.00 bits per heavy atom. The van der Waals surface area contributed by atoms with Crippen LogP contribution in [-0.4, -0.2) is 24.7 Å². The molecule has 3 aliphatic rings. The first-order valence-corrected chi connectivity index (χ1v) is 9.25. The van der Waals surface area contributed by atoms with Crippen molar-refractivity contribution in [3.05, 3.63) is 0 Å². The summed E-state index contributed by atoms with van der Waals surface area (Å²) in [5.74, 6) is 2.17. The fraction of sp³-hybridized carbons (Fsp3) is 0.947. The summed E-state index contributed by atoms with van der Waals surface area (Å²) < 4.78 is 6.29. The van der Waals surface area contributed by atoms with Crippen LogP contribution in [0.25, 0.3) is 0 Å². The van der Waals surface area contributed by atoms with Crippen molar-refractivity contribution < 1.29 is 9.53 Å². The lowest BCUT2D eigenvalue weighted by Gasteiger charge is -2.54. The van der Waals surface area contributed by atoms with Gasteiger partial charge in [0.2, 0.25) is 5.91 Å². The van der Waals surface area contributed by atoms with E-state index in [9.17, 15) is 4.79 Å². The topological polar surface area (TPSA) is 38.3 Å². The van der Waals surface area contributed by atoms with E-state index in [1.54, 1.807) is 6.92 Å². The van der Waals surface area contributed by atoms with Gasteiger partial charge >= 0.3 is 0 Å². The van der Waals surface area contributed by atoms with Gasteiger partial charge in [0.15, 0.2) is 0 Å². The molecule has 0 aromatic carbocycles. The normalized spacial score (nSPS) is 42.5. The number of carbonyl (C=O) groups is 1. The first kappa shape index (κ1) is 16.3. The van der Waals surface area contributed by atoms with E-state index < -0.39 is 0 Å². The van der Waals surface area contributed by atoms with Gasteiger partial charge < -0.3 is 10.1 Å². The highest BCUT2D eigenvalue weighted by Gasteiger charge is 2.68. The highest BCUT2D eigenvalue weighted by molar-refractivity contribution is 5.73. The van der Waals surface area contributed by atoms with Crippen LogP contribution >= 0.6 is 0 Å². The highest BCUT2D eigenvalue weighted by Crippen LogP contribution is 2.69. The molecule has 0 radical (unpaired) electrons. The second-order valence-electron chi connectivity index (χ2n) is 8.59. The van der Waals surface area contributed by atoms with Crippen molar-refractivity contribution >= 4 is 5.91 Å². The molecule has 22 heavy (non-hydrogen) atoms. The van der Waals surface area contributed by atoms with Crippen molar-refractivity contribution in [1.29, 1.82) is 0 Å². The quantitative estimate of drug-likeness (QED) is 0.858. The second kappa shape index (κ2) is 5.51. The number of carbonyl (C=O) groups excluding carboxylic acids is 1. The lowest BCUT2D eigenvalue weighted by Crippen LogP contribution is -2.60. The molecule has 0 aromatic rings. The number of nitrogens with one attached hydrogen (secondary N) is 1. The zero-order chi connectivity index (χ0) is 16.1. The molecule has 3 nitrogen and oxygen atoms in total. The van der Waals surface area contributed by atoms with Crippen LogP contribution in [0, 0.1) is 28.6 Å². The summed E-state index contributed by atoms with van der Waals surface area (Å²) in [7, 11) is 0. The van der Waals surface area contributed by atoms with E-state index >= 15 is 0 Å². The van der Waals surface area contributed by atoms with E-state index in [1.165, 1.54) is 25.7 Å². The Kier molecular flexibility index (Phi) is 4.08. The molecule has 2 aliphatic carbocycles. The molecule has 2 bridgehead atoms. The van der Waals surface area contributed by atoms with Gasteiger partial charge in [0.05, 0.1) is 6.10 Å². The zero-order valence-corrected chi connectivity index (χ0v) is 14.9. The molecule has 1 N–H and O–H groups in total. The molecule has 1 aliphatic heterocycles. The Labute approximate surface area is 135 Å². The van der Waals surface area contributed by atoms with Crippen molar-refractivity contribution in [3.63, 3.8) is 0 Å². The number of hydrogen-bond acceptors (Lipinski definition) is 2. The fourth-order valence-electron chi connectivity index (χ4n) is 6.26. The molecule has 2 saturated carbocycles. The van der Waals surface area contributed by atoms with Crippen molar-refractivity contribution in [3.8, 4) is 0 Å². The first-order chi connectivity index (χ1) is 10.4. The van der Waals surface area contributed by atoms with Gasteiger partial charge in [-0.15, -0.1) is 0 Å². The molecule has 5 atom stereocenters. The number of rotatable bonds is 4. The lowest BCUT2D eigenvalue weighted by atomic mass is 9.58. The molecule has 126 valence electrons. The Morgan fingerprint density at radius 1 is 1.32 bits per heavy atom. The molecule has 3 fully saturated rings. The highest BCUT2D eigenvalue weighted by atomic mass is 16.5. The molecule has 1 spiro atoms. The SMILES string of the molecule is CCC(CC)[C@H]1OCC[C@@]23C[C@@H](C[C@H]12)C(C)(C)[C@@H]3NC(C)=O.